The number of nitrogens with one attached hydrogen (secondary N) is 1. The van der Waals surface area contributed by atoms with Gasteiger partial charge in [0, 0.05) is 42.3 Å². The average molecular weight is 299 g/mol. The normalized spacial score (nSPS) is 20.2. The highest BCUT2D eigenvalue weighted by molar-refractivity contribution is 9.10. The van der Waals surface area contributed by atoms with Crippen LogP contribution in [0.1, 0.15) is 12.0 Å². The Labute approximate surface area is 109 Å². The van der Waals surface area contributed by atoms with Gasteiger partial charge < -0.3 is 10.1 Å². The molecule has 0 aromatic carbocycles. The molecule has 92 valence electrons. The predicted molar refractivity (Wildman–Crippen MR) is 67.9 cm³/mol. The number of ketones is 1. The third-order valence-electron chi connectivity index (χ3n) is 2.64. The maximum atomic E-state index is 11.9. The Morgan fingerprint density at radius 1 is 1.59 bits per heavy atom. The Kier molecular flexibility index (Phi) is 4.65. The van der Waals surface area contributed by atoms with Crippen molar-refractivity contribution in [2.45, 2.75) is 18.9 Å². The molecule has 1 fully saturated rings. The van der Waals surface area contributed by atoms with Gasteiger partial charge in [-0.25, -0.2) is 0 Å². The summed E-state index contributed by atoms with van der Waals surface area (Å²) in [4.78, 5) is 15.9. The molecule has 1 aliphatic rings. The third-order valence-corrected chi connectivity index (χ3v) is 3.07. The standard InChI is InChI=1S/C12H15BrN2O2/c13-10-3-9(6-14-7-10)4-12(16)5-11-8-17-2-1-15-11/h3,6-7,11,15H,1-2,4-5,8H2. The van der Waals surface area contributed by atoms with Crippen LogP contribution in [0.15, 0.2) is 22.9 Å². The number of Topliss-reactive ketones (excluding diaryl/α,β-unsaturated/α-hetero) is 1. The van der Waals surface area contributed by atoms with Crippen LogP contribution in [0.5, 0.6) is 0 Å². The van der Waals surface area contributed by atoms with Crippen molar-refractivity contribution < 1.29 is 9.53 Å². The molecular weight excluding hydrogens is 284 g/mol. The third kappa shape index (κ3) is 4.18. The number of morpholine rings is 1. The summed E-state index contributed by atoms with van der Waals surface area (Å²) in [5.74, 6) is 0.216. The van der Waals surface area contributed by atoms with E-state index in [1.54, 1.807) is 12.4 Å². The van der Waals surface area contributed by atoms with Gasteiger partial charge in [-0.2, -0.15) is 0 Å². The van der Waals surface area contributed by atoms with Crippen molar-refractivity contribution in [1.29, 1.82) is 0 Å². The van der Waals surface area contributed by atoms with E-state index >= 15 is 0 Å². The van der Waals surface area contributed by atoms with Crippen LogP contribution in [0.3, 0.4) is 0 Å². The molecule has 2 rings (SSSR count). The summed E-state index contributed by atoms with van der Waals surface area (Å²) >= 11 is 3.34. The maximum absolute atomic E-state index is 11.9. The summed E-state index contributed by atoms with van der Waals surface area (Å²) < 4.78 is 6.22. The minimum absolute atomic E-state index is 0.163. The molecule has 17 heavy (non-hydrogen) atoms. The van der Waals surface area contributed by atoms with Gasteiger partial charge in [0.05, 0.1) is 13.2 Å². The molecule has 0 spiro atoms. The second-order valence-corrected chi connectivity index (χ2v) is 5.07. The molecule has 0 aliphatic carbocycles. The number of hydrogen-bond donors (Lipinski definition) is 1. The Hall–Kier alpha value is -0.780. The van der Waals surface area contributed by atoms with Crippen molar-refractivity contribution >= 4 is 21.7 Å². The van der Waals surface area contributed by atoms with Crippen LogP contribution in [0, 0.1) is 0 Å². The van der Waals surface area contributed by atoms with Gasteiger partial charge >= 0.3 is 0 Å². The van der Waals surface area contributed by atoms with Crippen molar-refractivity contribution in [3.63, 3.8) is 0 Å². The Morgan fingerprint density at radius 2 is 2.47 bits per heavy atom. The molecule has 1 N–H and O–H groups in total. The number of aromatic nitrogens is 1. The monoisotopic (exact) mass is 298 g/mol. The summed E-state index contributed by atoms with van der Waals surface area (Å²) in [5, 5.41) is 3.28. The first kappa shape index (κ1) is 12.7. The van der Waals surface area contributed by atoms with E-state index in [2.05, 4.69) is 26.2 Å². The van der Waals surface area contributed by atoms with Gasteiger partial charge in [-0.1, -0.05) is 0 Å². The zero-order chi connectivity index (χ0) is 12.1. The Balaban J connectivity index is 1.84. The fourth-order valence-electron chi connectivity index (χ4n) is 1.88. The fraction of sp³-hybridized carbons (Fsp3) is 0.500. The first-order valence-electron chi connectivity index (χ1n) is 5.66. The number of carbonyl (C=O) groups excluding carboxylic acids is 1. The van der Waals surface area contributed by atoms with Crippen LogP contribution in [-0.2, 0) is 16.0 Å². The molecule has 4 nitrogen and oxygen atoms in total. The van der Waals surface area contributed by atoms with E-state index in [0.717, 1.165) is 23.2 Å². The Morgan fingerprint density at radius 3 is 3.18 bits per heavy atom. The van der Waals surface area contributed by atoms with E-state index in [9.17, 15) is 4.79 Å². The zero-order valence-electron chi connectivity index (χ0n) is 9.49. The first-order chi connectivity index (χ1) is 8.24. The van der Waals surface area contributed by atoms with Crippen molar-refractivity contribution in [3.05, 3.63) is 28.5 Å². The lowest BCUT2D eigenvalue weighted by atomic mass is 10.0. The van der Waals surface area contributed by atoms with Crippen LogP contribution in [-0.4, -0.2) is 36.6 Å². The van der Waals surface area contributed by atoms with Crippen molar-refractivity contribution in [2.24, 2.45) is 0 Å². The summed E-state index contributed by atoms with van der Waals surface area (Å²) in [5.41, 5.74) is 0.945. The lowest BCUT2D eigenvalue weighted by molar-refractivity contribution is -0.119. The van der Waals surface area contributed by atoms with E-state index in [0.29, 0.717) is 19.4 Å². The molecule has 0 radical (unpaired) electrons. The van der Waals surface area contributed by atoms with Crippen LogP contribution in [0.4, 0.5) is 0 Å². The summed E-state index contributed by atoms with van der Waals surface area (Å²) in [6, 6.07) is 2.09. The quantitative estimate of drug-likeness (QED) is 0.911. The van der Waals surface area contributed by atoms with E-state index in [-0.39, 0.29) is 11.8 Å². The summed E-state index contributed by atoms with van der Waals surface area (Å²) in [6.07, 6.45) is 4.40. The highest BCUT2D eigenvalue weighted by atomic mass is 79.9. The van der Waals surface area contributed by atoms with Gasteiger partial charge in [-0.15, -0.1) is 0 Å². The van der Waals surface area contributed by atoms with Gasteiger partial charge in [-0.05, 0) is 27.6 Å². The number of carbonyl (C=O) groups is 1. The van der Waals surface area contributed by atoms with E-state index < -0.39 is 0 Å². The lowest BCUT2D eigenvalue weighted by Gasteiger charge is -2.23. The van der Waals surface area contributed by atoms with Crippen molar-refractivity contribution in [3.8, 4) is 0 Å². The summed E-state index contributed by atoms with van der Waals surface area (Å²) in [7, 11) is 0. The Bertz CT molecular complexity index is 392. The molecule has 1 atom stereocenters. The molecule has 1 aromatic heterocycles. The molecule has 0 bridgehead atoms. The van der Waals surface area contributed by atoms with Crippen LogP contribution in [0.2, 0.25) is 0 Å². The molecule has 1 unspecified atom stereocenters. The SMILES string of the molecule is O=C(Cc1cncc(Br)c1)CC1COCCN1. The first-order valence-corrected chi connectivity index (χ1v) is 6.45. The van der Waals surface area contributed by atoms with E-state index in [1.807, 2.05) is 6.07 Å². The van der Waals surface area contributed by atoms with Crippen molar-refractivity contribution in [1.82, 2.24) is 10.3 Å². The predicted octanol–water partition coefficient (Wildman–Crippen LogP) is 1.33. The largest absolute Gasteiger partial charge is 0.379 e. The average Bonchev–Trinajstić information content (AvgIpc) is 2.30. The maximum Gasteiger partial charge on any atom is 0.138 e. The topological polar surface area (TPSA) is 51.2 Å². The van der Waals surface area contributed by atoms with E-state index in [4.69, 9.17) is 4.74 Å². The molecule has 1 aliphatic heterocycles. The molecule has 1 saturated heterocycles. The number of nitrogens with zero attached hydrogens (tertiary/aromatic N) is 1. The zero-order valence-corrected chi connectivity index (χ0v) is 11.1. The van der Waals surface area contributed by atoms with E-state index in [1.165, 1.54) is 0 Å². The lowest BCUT2D eigenvalue weighted by Crippen LogP contribution is -2.42. The summed E-state index contributed by atoms with van der Waals surface area (Å²) in [6.45, 7) is 2.19. The number of hydrogen-bond acceptors (Lipinski definition) is 4. The van der Waals surface area contributed by atoms with Crippen molar-refractivity contribution in [2.75, 3.05) is 19.8 Å². The van der Waals surface area contributed by atoms with Crippen LogP contribution < -0.4 is 5.32 Å². The fourth-order valence-corrected chi connectivity index (χ4v) is 2.29. The molecule has 1 aromatic rings. The highest BCUT2D eigenvalue weighted by Crippen LogP contribution is 2.11. The molecular formula is C12H15BrN2O2. The molecule has 5 heteroatoms. The molecule has 2 heterocycles. The van der Waals surface area contributed by atoms with Crippen LogP contribution in [0.25, 0.3) is 0 Å². The second kappa shape index (κ2) is 6.23. The highest BCUT2D eigenvalue weighted by Gasteiger charge is 2.16. The molecule has 0 amide bonds. The second-order valence-electron chi connectivity index (χ2n) is 4.16. The van der Waals surface area contributed by atoms with Gasteiger partial charge in [0.1, 0.15) is 5.78 Å². The minimum atomic E-state index is 0.163. The van der Waals surface area contributed by atoms with Crippen LogP contribution >= 0.6 is 15.9 Å². The van der Waals surface area contributed by atoms with Gasteiger partial charge in [-0.3, -0.25) is 9.78 Å². The minimum Gasteiger partial charge on any atom is -0.379 e. The number of halogens is 1. The van der Waals surface area contributed by atoms with Gasteiger partial charge in [0.25, 0.3) is 0 Å². The molecule has 0 saturated carbocycles. The van der Waals surface area contributed by atoms with Gasteiger partial charge in [0.15, 0.2) is 0 Å². The number of pyridine rings is 1. The number of rotatable bonds is 4. The smallest absolute Gasteiger partial charge is 0.138 e. The van der Waals surface area contributed by atoms with Gasteiger partial charge in [0.2, 0.25) is 0 Å². The number of ether oxygens (including phenoxy) is 1.